The quantitative estimate of drug-likeness (QED) is 0.858. The molecule has 2 N–H and O–H groups in total. The van der Waals surface area contributed by atoms with Crippen LogP contribution in [0.3, 0.4) is 0 Å². The number of hydrogen-bond donors (Lipinski definition) is 1. The van der Waals surface area contributed by atoms with Crippen molar-refractivity contribution >= 4 is 5.91 Å². The van der Waals surface area contributed by atoms with Crippen LogP contribution < -0.4 is 5.73 Å². The van der Waals surface area contributed by atoms with Crippen LogP contribution in [0, 0.1) is 5.92 Å². The molecular weight excluding hydrogens is 250 g/mol. The highest BCUT2D eigenvalue weighted by atomic mass is 16.2. The van der Waals surface area contributed by atoms with E-state index >= 15 is 0 Å². The van der Waals surface area contributed by atoms with Gasteiger partial charge in [-0.05, 0) is 65.3 Å². The van der Waals surface area contributed by atoms with Crippen LogP contribution in [0.25, 0.3) is 0 Å². The Morgan fingerprint density at radius 1 is 1.05 bits per heavy atom. The topological polar surface area (TPSA) is 49.6 Å². The van der Waals surface area contributed by atoms with Crippen LogP contribution in [0.1, 0.15) is 52.9 Å². The Bertz CT molecular complexity index is 324. The monoisotopic (exact) mass is 281 g/mol. The molecule has 20 heavy (non-hydrogen) atoms. The van der Waals surface area contributed by atoms with Crippen LogP contribution in [0.15, 0.2) is 0 Å². The van der Waals surface area contributed by atoms with E-state index in [1.54, 1.807) is 0 Å². The van der Waals surface area contributed by atoms with Gasteiger partial charge in [-0.3, -0.25) is 9.69 Å². The Morgan fingerprint density at radius 3 is 2.30 bits per heavy atom. The first-order chi connectivity index (χ1) is 9.52. The molecule has 0 aliphatic carbocycles. The van der Waals surface area contributed by atoms with E-state index < -0.39 is 0 Å². The molecule has 116 valence electrons. The molecule has 4 atom stereocenters. The predicted molar refractivity (Wildman–Crippen MR) is 82.4 cm³/mol. The van der Waals surface area contributed by atoms with Crippen LogP contribution in [0.2, 0.25) is 0 Å². The molecule has 2 heterocycles. The molecular formula is C16H31N3O. The highest BCUT2D eigenvalue weighted by Crippen LogP contribution is 2.25. The van der Waals surface area contributed by atoms with Gasteiger partial charge in [-0.15, -0.1) is 0 Å². The van der Waals surface area contributed by atoms with E-state index in [0.29, 0.717) is 36.5 Å². The largest absolute Gasteiger partial charge is 0.336 e. The summed E-state index contributed by atoms with van der Waals surface area (Å²) in [6.45, 7) is 8.93. The number of amides is 1. The maximum atomic E-state index is 12.7. The first kappa shape index (κ1) is 15.8. The smallest absolute Gasteiger partial charge is 0.237 e. The van der Waals surface area contributed by atoms with Gasteiger partial charge in [-0.1, -0.05) is 0 Å². The molecule has 4 unspecified atom stereocenters. The number of hydrogen-bond acceptors (Lipinski definition) is 3. The molecule has 0 aromatic rings. The molecule has 4 nitrogen and oxygen atoms in total. The van der Waals surface area contributed by atoms with Gasteiger partial charge in [0.15, 0.2) is 0 Å². The minimum Gasteiger partial charge on any atom is -0.336 e. The lowest BCUT2D eigenvalue weighted by molar-refractivity contribution is -0.139. The number of nitrogens with two attached hydrogens (primary N) is 1. The lowest BCUT2D eigenvalue weighted by Crippen LogP contribution is -2.54. The highest BCUT2D eigenvalue weighted by molar-refractivity contribution is 5.79. The van der Waals surface area contributed by atoms with Crippen LogP contribution in [0.5, 0.6) is 0 Å². The van der Waals surface area contributed by atoms with E-state index in [-0.39, 0.29) is 0 Å². The fourth-order valence-electron chi connectivity index (χ4n) is 3.84. The molecule has 4 heteroatoms. The summed E-state index contributed by atoms with van der Waals surface area (Å²) in [6.07, 6.45) is 5.93. The second kappa shape index (κ2) is 6.90. The Labute approximate surface area is 123 Å². The van der Waals surface area contributed by atoms with E-state index in [2.05, 4.69) is 30.6 Å². The minimum atomic E-state index is 0.314. The molecule has 2 rings (SSSR count). The Balaban J connectivity index is 1.95. The van der Waals surface area contributed by atoms with Crippen LogP contribution >= 0.6 is 0 Å². The maximum absolute atomic E-state index is 12.7. The van der Waals surface area contributed by atoms with Crippen molar-refractivity contribution in [2.45, 2.75) is 71.0 Å². The van der Waals surface area contributed by atoms with Crippen molar-refractivity contribution in [3.8, 4) is 0 Å². The van der Waals surface area contributed by atoms with E-state index in [9.17, 15) is 4.79 Å². The molecule has 0 radical (unpaired) electrons. The van der Waals surface area contributed by atoms with Crippen molar-refractivity contribution in [3.63, 3.8) is 0 Å². The number of nitrogens with zero attached hydrogens (tertiary/aromatic N) is 2. The van der Waals surface area contributed by atoms with Gasteiger partial charge in [0.2, 0.25) is 5.91 Å². The van der Waals surface area contributed by atoms with Crippen molar-refractivity contribution < 1.29 is 4.79 Å². The van der Waals surface area contributed by atoms with Gasteiger partial charge >= 0.3 is 0 Å². The first-order valence-corrected chi connectivity index (χ1v) is 8.28. The van der Waals surface area contributed by atoms with Crippen molar-refractivity contribution in [3.05, 3.63) is 0 Å². The second-order valence-corrected chi connectivity index (χ2v) is 6.89. The Kier molecular flexibility index (Phi) is 5.44. The summed E-state index contributed by atoms with van der Waals surface area (Å²) < 4.78 is 0. The average Bonchev–Trinajstić information content (AvgIpc) is 2.41. The summed E-state index contributed by atoms with van der Waals surface area (Å²) in [7, 11) is 0. The van der Waals surface area contributed by atoms with Gasteiger partial charge in [0, 0.05) is 24.7 Å². The summed E-state index contributed by atoms with van der Waals surface area (Å²) in [6, 6.07) is 1.31. The molecule has 0 spiro atoms. The van der Waals surface area contributed by atoms with Gasteiger partial charge in [0.05, 0.1) is 6.54 Å². The number of piperidine rings is 2. The normalized spacial score (nSPS) is 36.1. The Hall–Kier alpha value is -0.610. The molecule has 2 fully saturated rings. The van der Waals surface area contributed by atoms with Crippen LogP contribution in [-0.2, 0) is 4.79 Å². The number of carbonyl (C=O) groups excluding carboxylic acids is 1. The maximum Gasteiger partial charge on any atom is 0.237 e. The number of likely N-dealkylation sites (tertiary alicyclic amines) is 2. The van der Waals surface area contributed by atoms with Crippen molar-refractivity contribution in [2.75, 3.05) is 19.6 Å². The minimum absolute atomic E-state index is 0.314. The summed E-state index contributed by atoms with van der Waals surface area (Å²) in [4.78, 5) is 17.2. The molecule has 2 aliphatic heterocycles. The fraction of sp³-hybridized carbons (Fsp3) is 0.938. The molecule has 2 aliphatic rings. The Morgan fingerprint density at radius 2 is 1.70 bits per heavy atom. The predicted octanol–water partition coefficient (Wildman–Crippen LogP) is 1.84. The zero-order valence-corrected chi connectivity index (χ0v) is 13.3. The van der Waals surface area contributed by atoms with Gasteiger partial charge < -0.3 is 10.6 Å². The fourth-order valence-corrected chi connectivity index (χ4v) is 3.84. The summed E-state index contributed by atoms with van der Waals surface area (Å²) in [5.41, 5.74) is 5.81. The van der Waals surface area contributed by atoms with Gasteiger partial charge in [0.1, 0.15) is 0 Å². The third-order valence-corrected chi connectivity index (χ3v) is 5.26. The second-order valence-electron chi connectivity index (χ2n) is 6.89. The van der Waals surface area contributed by atoms with Crippen molar-refractivity contribution in [1.82, 2.24) is 9.80 Å². The van der Waals surface area contributed by atoms with Crippen LogP contribution in [-0.4, -0.2) is 53.5 Å². The van der Waals surface area contributed by atoms with E-state index in [0.717, 1.165) is 25.9 Å². The lowest BCUT2D eigenvalue weighted by atomic mass is 9.93. The standard InChI is InChI=1S/C16H31N3O/c1-12-7-8-15(9-17)10-18(12)11-16(20)19-13(2)5-4-6-14(19)3/h12-15H,4-11,17H2,1-3H3. The van der Waals surface area contributed by atoms with E-state index in [1.165, 1.54) is 19.3 Å². The summed E-state index contributed by atoms with van der Waals surface area (Å²) >= 11 is 0. The van der Waals surface area contributed by atoms with Gasteiger partial charge in [-0.2, -0.15) is 0 Å². The third kappa shape index (κ3) is 3.53. The molecule has 0 bridgehead atoms. The third-order valence-electron chi connectivity index (χ3n) is 5.26. The highest BCUT2D eigenvalue weighted by Gasteiger charge is 2.32. The van der Waals surface area contributed by atoms with E-state index in [1.807, 2.05) is 0 Å². The molecule has 0 saturated carbocycles. The molecule has 1 amide bonds. The number of rotatable bonds is 3. The molecule has 2 saturated heterocycles. The SMILES string of the molecule is CC1CCC(CN)CN1CC(=O)N1C(C)CCCC1C. The average molecular weight is 281 g/mol. The zero-order valence-electron chi connectivity index (χ0n) is 13.3. The molecule has 0 aromatic heterocycles. The first-order valence-electron chi connectivity index (χ1n) is 8.28. The lowest BCUT2D eigenvalue weighted by Gasteiger charge is -2.42. The van der Waals surface area contributed by atoms with Crippen molar-refractivity contribution in [2.24, 2.45) is 11.7 Å². The van der Waals surface area contributed by atoms with Gasteiger partial charge in [0.25, 0.3) is 0 Å². The molecule has 0 aromatic carbocycles. The number of carbonyl (C=O) groups is 1. The van der Waals surface area contributed by atoms with Gasteiger partial charge in [-0.25, -0.2) is 0 Å². The summed E-state index contributed by atoms with van der Waals surface area (Å²) in [5, 5.41) is 0. The van der Waals surface area contributed by atoms with E-state index in [4.69, 9.17) is 5.73 Å². The van der Waals surface area contributed by atoms with Crippen molar-refractivity contribution in [1.29, 1.82) is 0 Å². The summed E-state index contributed by atoms with van der Waals surface area (Å²) in [5.74, 6) is 0.879. The van der Waals surface area contributed by atoms with Crippen LogP contribution in [0.4, 0.5) is 0 Å². The zero-order chi connectivity index (χ0) is 14.7.